The molecular weight excluding hydrogens is 252 g/mol. The van der Waals surface area contributed by atoms with Crippen LogP contribution in [0.5, 0.6) is 5.75 Å². The molecule has 0 aliphatic heterocycles. The SMILES string of the molecule is CCNCC(COC)Oc1cccc2ccc(C)nc12. The lowest BCUT2D eigenvalue weighted by Crippen LogP contribution is -2.34. The van der Waals surface area contributed by atoms with Crippen molar-refractivity contribution in [1.29, 1.82) is 0 Å². The lowest BCUT2D eigenvalue weighted by molar-refractivity contribution is 0.0818. The molecule has 4 heteroatoms. The van der Waals surface area contributed by atoms with Crippen LogP contribution in [-0.4, -0.2) is 37.9 Å². The molecule has 0 bridgehead atoms. The van der Waals surface area contributed by atoms with E-state index in [1.54, 1.807) is 7.11 Å². The molecule has 1 atom stereocenters. The van der Waals surface area contributed by atoms with Gasteiger partial charge in [-0.3, -0.25) is 0 Å². The molecular formula is C16H22N2O2. The molecule has 0 aliphatic carbocycles. The standard InChI is InChI=1S/C16H22N2O2/c1-4-17-10-14(11-19-3)20-15-7-5-6-13-9-8-12(2)18-16(13)15/h5-9,14,17H,4,10-11H2,1-3H3. The molecule has 2 aromatic rings. The minimum absolute atomic E-state index is 0.0205. The van der Waals surface area contributed by atoms with Gasteiger partial charge in [-0.05, 0) is 25.6 Å². The maximum Gasteiger partial charge on any atom is 0.146 e. The molecule has 0 saturated carbocycles. The van der Waals surface area contributed by atoms with Crippen molar-refractivity contribution in [2.75, 3.05) is 26.8 Å². The van der Waals surface area contributed by atoms with Crippen LogP contribution in [-0.2, 0) is 4.74 Å². The largest absolute Gasteiger partial charge is 0.484 e. The summed E-state index contributed by atoms with van der Waals surface area (Å²) in [5, 5.41) is 4.38. The number of benzene rings is 1. The third-order valence-electron chi connectivity index (χ3n) is 3.09. The number of aryl methyl sites for hydroxylation is 1. The summed E-state index contributed by atoms with van der Waals surface area (Å²) in [6.45, 7) is 6.28. The van der Waals surface area contributed by atoms with Gasteiger partial charge in [-0.25, -0.2) is 4.98 Å². The lowest BCUT2D eigenvalue weighted by atomic mass is 10.2. The summed E-state index contributed by atoms with van der Waals surface area (Å²) >= 11 is 0. The zero-order chi connectivity index (χ0) is 14.4. The van der Waals surface area contributed by atoms with E-state index in [4.69, 9.17) is 9.47 Å². The molecule has 4 nitrogen and oxygen atoms in total. The summed E-state index contributed by atoms with van der Waals surface area (Å²) in [7, 11) is 1.69. The van der Waals surface area contributed by atoms with E-state index in [1.165, 1.54) is 0 Å². The Hall–Kier alpha value is -1.65. The molecule has 1 N–H and O–H groups in total. The minimum Gasteiger partial charge on any atom is -0.484 e. The van der Waals surface area contributed by atoms with Crippen LogP contribution in [0.2, 0.25) is 0 Å². The van der Waals surface area contributed by atoms with Gasteiger partial charge in [0, 0.05) is 24.7 Å². The van der Waals surface area contributed by atoms with Gasteiger partial charge in [-0.15, -0.1) is 0 Å². The maximum atomic E-state index is 6.08. The summed E-state index contributed by atoms with van der Waals surface area (Å²) in [6.07, 6.45) is -0.0205. The first-order valence-corrected chi connectivity index (χ1v) is 6.97. The number of para-hydroxylation sites is 1. The first-order chi connectivity index (χ1) is 9.74. The molecule has 0 saturated heterocycles. The van der Waals surface area contributed by atoms with E-state index < -0.39 is 0 Å². The monoisotopic (exact) mass is 274 g/mol. The minimum atomic E-state index is -0.0205. The van der Waals surface area contributed by atoms with Gasteiger partial charge in [-0.2, -0.15) is 0 Å². The number of nitrogens with one attached hydrogen (secondary N) is 1. The van der Waals surface area contributed by atoms with E-state index in [-0.39, 0.29) is 6.10 Å². The molecule has 1 aromatic heterocycles. The molecule has 0 radical (unpaired) electrons. The van der Waals surface area contributed by atoms with Crippen molar-refractivity contribution >= 4 is 10.9 Å². The Morgan fingerprint density at radius 1 is 1.25 bits per heavy atom. The predicted octanol–water partition coefficient (Wildman–Crippen LogP) is 2.55. The summed E-state index contributed by atoms with van der Waals surface area (Å²) in [5.41, 5.74) is 1.90. The fourth-order valence-electron chi connectivity index (χ4n) is 2.12. The van der Waals surface area contributed by atoms with Crippen molar-refractivity contribution in [3.05, 3.63) is 36.0 Å². The normalized spacial score (nSPS) is 12.6. The van der Waals surface area contributed by atoms with Crippen molar-refractivity contribution in [2.45, 2.75) is 20.0 Å². The van der Waals surface area contributed by atoms with Gasteiger partial charge in [0.1, 0.15) is 17.4 Å². The van der Waals surface area contributed by atoms with Gasteiger partial charge in [0.25, 0.3) is 0 Å². The van der Waals surface area contributed by atoms with Crippen LogP contribution < -0.4 is 10.1 Å². The molecule has 1 aromatic carbocycles. The van der Waals surface area contributed by atoms with E-state index in [0.717, 1.165) is 35.4 Å². The molecule has 20 heavy (non-hydrogen) atoms. The van der Waals surface area contributed by atoms with Gasteiger partial charge >= 0.3 is 0 Å². The zero-order valence-electron chi connectivity index (χ0n) is 12.3. The van der Waals surface area contributed by atoms with Gasteiger partial charge in [0.15, 0.2) is 0 Å². The number of hydrogen-bond acceptors (Lipinski definition) is 4. The van der Waals surface area contributed by atoms with Crippen LogP contribution in [0.25, 0.3) is 10.9 Å². The number of ether oxygens (including phenoxy) is 2. The summed E-state index contributed by atoms with van der Waals surface area (Å²) < 4.78 is 11.3. The quantitative estimate of drug-likeness (QED) is 0.842. The molecule has 0 aliphatic rings. The van der Waals surface area contributed by atoms with Crippen molar-refractivity contribution in [2.24, 2.45) is 0 Å². The zero-order valence-corrected chi connectivity index (χ0v) is 12.3. The number of fused-ring (bicyclic) bond motifs is 1. The smallest absolute Gasteiger partial charge is 0.146 e. The molecule has 0 spiro atoms. The van der Waals surface area contributed by atoms with Crippen molar-refractivity contribution in [3.8, 4) is 5.75 Å². The van der Waals surface area contributed by atoms with Gasteiger partial charge in [-0.1, -0.05) is 25.1 Å². The van der Waals surface area contributed by atoms with Crippen LogP contribution >= 0.6 is 0 Å². The Kier molecular flexibility index (Phi) is 5.32. The summed E-state index contributed by atoms with van der Waals surface area (Å²) in [6, 6.07) is 10.1. The number of nitrogens with zero attached hydrogens (tertiary/aromatic N) is 1. The Balaban J connectivity index is 2.24. The fourth-order valence-corrected chi connectivity index (χ4v) is 2.12. The Bertz CT molecular complexity index is 557. The number of methoxy groups -OCH3 is 1. The van der Waals surface area contributed by atoms with Crippen molar-refractivity contribution in [3.63, 3.8) is 0 Å². The van der Waals surface area contributed by atoms with Gasteiger partial charge in [0.2, 0.25) is 0 Å². The van der Waals surface area contributed by atoms with Crippen LogP contribution in [0, 0.1) is 6.92 Å². The second-order valence-electron chi connectivity index (χ2n) is 4.78. The number of pyridine rings is 1. The van der Waals surface area contributed by atoms with Crippen molar-refractivity contribution < 1.29 is 9.47 Å². The molecule has 0 fully saturated rings. The Morgan fingerprint density at radius 3 is 2.85 bits per heavy atom. The number of hydrogen-bond donors (Lipinski definition) is 1. The second-order valence-corrected chi connectivity index (χ2v) is 4.78. The molecule has 1 unspecified atom stereocenters. The van der Waals surface area contributed by atoms with Crippen LogP contribution in [0.3, 0.4) is 0 Å². The second kappa shape index (κ2) is 7.22. The Labute approximate surface area is 120 Å². The summed E-state index contributed by atoms with van der Waals surface area (Å²) in [5.74, 6) is 0.811. The third kappa shape index (κ3) is 3.68. The lowest BCUT2D eigenvalue weighted by Gasteiger charge is -2.19. The predicted molar refractivity (Wildman–Crippen MR) is 81.3 cm³/mol. The van der Waals surface area contributed by atoms with E-state index >= 15 is 0 Å². The average molecular weight is 274 g/mol. The fraction of sp³-hybridized carbons (Fsp3) is 0.438. The first-order valence-electron chi connectivity index (χ1n) is 6.97. The van der Waals surface area contributed by atoms with Crippen molar-refractivity contribution in [1.82, 2.24) is 10.3 Å². The maximum absolute atomic E-state index is 6.08. The van der Waals surface area contributed by atoms with Gasteiger partial charge in [0.05, 0.1) is 6.61 Å². The number of likely N-dealkylation sites (N-methyl/N-ethyl adjacent to an activating group) is 1. The van der Waals surface area contributed by atoms with E-state index in [2.05, 4.69) is 23.3 Å². The molecule has 0 amide bonds. The van der Waals surface area contributed by atoms with E-state index in [0.29, 0.717) is 6.61 Å². The van der Waals surface area contributed by atoms with Crippen LogP contribution in [0.4, 0.5) is 0 Å². The Morgan fingerprint density at radius 2 is 2.10 bits per heavy atom. The highest BCUT2D eigenvalue weighted by molar-refractivity contribution is 5.84. The van der Waals surface area contributed by atoms with E-state index in [1.807, 2.05) is 31.2 Å². The van der Waals surface area contributed by atoms with Gasteiger partial charge < -0.3 is 14.8 Å². The first kappa shape index (κ1) is 14.8. The van der Waals surface area contributed by atoms with Crippen LogP contribution in [0.15, 0.2) is 30.3 Å². The number of aromatic nitrogens is 1. The molecule has 2 rings (SSSR count). The highest BCUT2D eigenvalue weighted by Crippen LogP contribution is 2.24. The highest BCUT2D eigenvalue weighted by atomic mass is 16.5. The molecule has 1 heterocycles. The average Bonchev–Trinajstić information content (AvgIpc) is 2.45. The highest BCUT2D eigenvalue weighted by Gasteiger charge is 2.12. The molecule has 108 valence electrons. The van der Waals surface area contributed by atoms with E-state index in [9.17, 15) is 0 Å². The third-order valence-corrected chi connectivity index (χ3v) is 3.09. The summed E-state index contributed by atoms with van der Waals surface area (Å²) in [4.78, 5) is 4.58. The number of rotatable bonds is 7. The topological polar surface area (TPSA) is 43.4 Å². The van der Waals surface area contributed by atoms with Crippen LogP contribution in [0.1, 0.15) is 12.6 Å².